The van der Waals surface area contributed by atoms with Gasteiger partial charge in [0, 0.05) is 24.2 Å². The molecule has 1 heterocycles. The van der Waals surface area contributed by atoms with E-state index in [-0.39, 0.29) is 12.5 Å². The number of carbonyl (C=O) groups excluding carboxylic acids is 1. The number of amides is 1. The summed E-state index contributed by atoms with van der Waals surface area (Å²) in [5.74, 6) is -0.123. The van der Waals surface area contributed by atoms with Gasteiger partial charge < -0.3 is 10.0 Å². The third-order valence-electron chi connectivity index (χ3n) is 2.84. The number of carbonyl (C=O) groups is 1. The van der Waals surface area contributed by atoms with Gasteiger partial charge in [-0.25, -0.2) is 4.98 Å². The Hall–Kier alpha value is -1.43. The lowest BCUT2D eigenvalue weighted by atomic mass is 10.2. The SMILES string of the molecule is Cc1nc(-c2cccc(Cl)c2)sc1C(=O)N(C)CCO. The highest BCUT2D eigenvalue weighted by Crippen LogP contribution is 2.30. The van der Waals surface area contributed by atoms with E-state index in [1.165, 1.54) is 16.2 Å². The summed E-state index contributed by atoms with van der Waals surface area (Å²) in [4.78, 5) is 18.7. The molecular weight excluding hydrogens is 296 g/mol. The molecule has 4 nitrogen and oxygen atoms in total. The van der Waals surface area contributed by atoms with Crippen LogP contribution in [0.2, 0.25) is 5.02 Å². The smallest absolute Gasteiger partial charge is 0.265 e. The predicted molar refractivity (Wildman–Crippen MR) is 81.3 cm³/mol. The maximum Gasteiger partial charge on any atom is 0.265 e. The first-order valence-electron chi connectivity index (χ1n) is 6.12. The molecule has 0 aliphatic heterocycles. The van der Waals surface area contributed by atoms with Gasteiger partial charge >= 0.3 is 0 Å². The zero-order valence-electron chi connectivity index (χ0n) is 11.3. The summed E-state index contributed by atoms with van der Waals surface area (Å²) < 4.78 is 0. The number of aryl methyl sites for hydroxylation is 1. The standard InChI is InChI=1S/C14H15ClN2O2S/c1-9-12(14(19)17(2)6-7-18)20-13(16-9)10-4-3-5-11(15)8-10/h3-5,8,18H,6-7H2,1-2H3. The second-order valence-electron chi connectivity index (χ2n) is 4.39. The zero-order chi connectivity index (χ0) is 14.7. The van der Waals surface area contributed by atoms with Gasteiger partial charge in [-0.1, -0.05) is 23.7 Å². The van der Waals surface area contributed by atoms with Crippen molar-refractivity contribution in [1.29, 1.82) is 0 Å². The maximum atomic E-state index is 12.2. The normalized spacial score (nSPS) is 10.6. The number of likely N-dealkylation sites (N-methyl/N-ethyl adjacent to an activating group) is 1. The molecule has 20 heavy (non-hydrogen) atoms. The Kier molecular flexibility index (Phi) is 4.75. The molecule has 0 saturated carbocycles. The molecule has 6 heteroatoms. The van der Waals surface area contributed by atoms with Crippen LogP contribution in [0.3, 0.4) is 0 Å². The molecule has 0 aliphatic rings. The van der Waals surface area contributed by atoms with Crippen LogP contribution in [0.25, 0.3) is 10.6 Å². The highest BCUT2D eigenvalue weighted by molar-refractivity contribution is 7.17. The van der Waals surface area contributed by atoms with Crippen molar-refractivity contribution in [3.05, 3.63) is 39.9 Å². The van der Waals surface area contributed by atoms with Gasteiger partial charge in [0.05, 0.1) is 12.3 Å². The Labute approximate surface area is 126 Å². The fourth-order valence-corrected chi connectivity index (χ4v) is 3.01. The fourth-order valence-electron chi connectivity index (χ4n) is 1.76. The molecule has 106 valence electrons. The van der Waals surface area contributed by atoms with Crippen molar-refractivity contribution in [2.45, 2.75) is 6.92 Å². The van der Waals surface area contributed by atoms with Crippen molar-refractivity contribution in [2.75, 3.05) is 20.2 Å². The number of hydrogen-bond acceptors (Lipinski definition) is 4. The van der Waals surface area contributed by atoms with E-state index < -0.39 is 0 Å². The Morgan fingerprint density at radius 3 is 2.90 bits per heavy atom. The van der Waals surface area contributed by atoms with E-state index in [1.807, 2.05) is 25.1 Å². The minimum Gasteiger partial charge on any atom is -0.395 e. The summed E-state index contributed by atoms with van der Waals surface area (Å²) in [7, 11) is 1.66. The van der Waals surface area contributed by atoms with E-state index in [2.05, 4.69) is 4.98 Å². The van der Waals surface area contributed by atoms with E-state index in [0.29, 0.717) is 22.1 Å². The summed E-state index contributed by atoms with van der Waals surface area (Å²) in [6, 6.07) is 7.39. The first-order chi connectivity index (χ1) is 9.52. The van der Waals surface area contributed by atoms with Crippen LogP contribution in [0.5, 0.6) is 0 Å². The van der Waals surface area contributed by atoms with Crippen LogP contribution in [-0.4, -0.2) is 41.1 Å². The van der Waals surface area contributed by atoms with Crippen LogP contribution < -0.4 is 0 Å². The van der Waals surface area contributed by atoms with E-state index in [0.717, 1.165) is 10.6 Å². The quantitative estimate of drug-likeness (QED) is 0.944. The molecule has 2 aromatic rings. The third kappa shape index (κ3) is 3.17. The maximum absolute atomic E-state index is 12.2. The van der Waals surface area contributed by atoms with Crippen LogP contribution in [0.1, 0.15) is 15.4 Å². The summed E-state index contributed by atoms with van der Waals surface area (Å²) in [6.07, 6.45) is 0. The van der Waals surface area contributed by atoms with E-state index in [1.54, 1.807) is 13.1 Å². The highest BCUT2D eigenvalue weighted by atomic mass is 35.5. The zero-order valence-corrected chi connectivity index (χ0v) is 12.8. The lowest BCUT2D eigenvalue weighted by Crippen LogP contribution is -2.29. The monoisotopic (exact) mass is 310 g/mol. The minimum absolute atomic E-state index is 0.0543. The predicted octanol–water partition coefficient (Wildman–Crippen LogP) is 2.84. The Bertz CT molecular complexity index is 627. The van der Waals surface area contributed by atoms with E-state index in [9.17, 15) is 4.79 Å². The minimum atomic E-state index is -0.123. The second-order valence-corrected chi connectivity index (χ2v) is 5.83. The van der Waals surface area contributed by atoms with Gasteiger partial charge in [0.25, 0.3) is 5.91 Å². The van der Waals surface area contributed by atoms with Gasteiger partial charge in [0.15, 0.2) is 0 Å². The molecule has 0 spiro atoms. The number of halogens is 1. The Morgan fingerprint density at radius 2 is 2.25 bits per heavy atom. The average Bonchev–Trinajstić information content (AvgIpc) is 2.80. The molecule has 2 rings (SSSR count). The first-order valence-corrected chi connectivity index (χ1v) is 7.32. The molecule has 0 aliphatic carbocycles. The molecule has 1 N–H and O–H groups in total. The molecular formula is C14H15ClN2O2S. The number of thiazole rings is 1. The number of benzene rings is 1. The second kappa shape index (κ2) is 6.35. The van der Waals surface area contributed by atoms with Crippen molar-refractivity contribution in [3.8, 4) is 10.6 Å². The average molecular weight is 311 g/mol. The Morgan fingerprint density at radius 1 is 1.50 bits per heavy atom. The van der Waals surface area contributed by atoms with Crippen LogP contribution in [0.15, 0.2) is 24.3 Å². The third-order valence-corrected chi connectivity index (χ3v) is 4.27. The van der Waals surface area contributed by atoms with Gasteiger partial charge in [-0.05, 0) is 19.1 Å². The molecule has 0 radical (unpaired) electrons. The number of hydrogen-bond donors (Lipinski definition) is 1. The number of aliphatic hydroxyl groups excluding tert-OH is 1. The first kappa shape index (κ1) is 15.0. The van der Waals surface area contributed by atoms with Gasteiger partial charge in [-0.2, -0.15) is 0 Å². The molecule has 0 fully saturated rings. The number of nitrogens with zero attached hydrogens (tertiary/aromatic N) is 2. The summed E-state index contributed by atoms with van der Waals surface area (Å²) >= 11 is 7.31. The molecule has 1 amide bonds. The summed E-state index contributed by atoms with van der Waals surface area (Å²) in [5, 5.41) is 10.3. The van der Waals surface area contributed by atoms with Crippen molar-refractivity contribution < 1.29 is 9.90 Å². The fraction of sp³-hybridized carbons (Fsp3) is 0.286. The summed E-state index contributed by atoms with van der Waals surface area (Å²) in [5.41, 5.74) is 1.59. The molecule has 0 saturated heterocycles. The van der Waals surface area contributed by atoms with Crippen molar-refractivity contribution >= 4 is 28.8 Å². The van der Waals surface area contributed by atoms with Crippen molar-refractivity contribution in [1.82, 2.24) is 9.88 Å². The molecule has 1 aromatic carbocycles. The van der Waals surface area contributed by atoms with Crippen LogP contribution in [0.4, 0.5) is 0 Å². The van der Waals surface area contributed by atoms with Gasteiger partial charge in [0.1, 0.15) is 9.88 Å². The van der Waals surface area contributed by atoms with Gasteiger partial charge in [0.2, 0.25) is 0 Å². The van der Waals surface area contributed by atoms with Crippen LogP contribution >= 0.6 is 22.9 Å². The lowest BCUT2D eigenvalue weighted by Gasteiger charge is -2.14. The molecule has 0 unspecified atom stereocenters. The van der Waals surface area contributed by atoms with E-state index in [4.69, 9.17) is 16.7 Å². The molecule has 0 bridgehead atoms. The number of rotatable bonds is 4. The van der Waals surface area contributed by atoms with Gasteiger partial charge in [-0.15, -0.1) is 11.3 Å². The van der Waals surface area contributed by atoms with Crippen LogP contribution in [0, 0.1) is 6.92 Å². The topological polar surface area (TPSA) is 53.4 Å². The Balaban J connectivity index is 2.32. The van der Waals surface area contributed by atoms with Crippen molar-refractivity contribution in [3.63, 3.8) is 0 Å². The largest absolute Gasteiger partial charge is 0.395 e. The number of aliphatic hydroxyl groups is 1. The molecule has 0 atom stereocenters. The van der Waals surface area contributed by atoms with Crippen molar-refractivity contribution in [2.24, 2.45) is 0 Å². The summed E-state index contributed by atoms with van der Waals surface area (Å²) in [6.45, 7) is 2.06. The molecule has 1 aromatic heterocycles. The number of aromatic nitrogens is 1. The van der Waals surface area contributed by atoms with Gasteiger partial charge in [-0.3, -0.25) is 4.79 Å². The lowest BCUT2D eigenvalue weighted by molar-refractivity contribution is 0.0771. The van der Waals surface area contributed by atoms with E-state index >= 15 is 0 Å². The van der Waals surface area contributed by atoms with Crippen LogP contribution in [-0.2, 0) is 0 Å². The highest BCUT2D eigenvalue weighted by Gasteiger charge is 2.19.